The molecule has 0 N–H and O–H groups in total. The smallest absolute Gasteiger partial charge is 0.0195 e. The summed E-state index contributed by atoms with van der Waals surface area (Å²) in [5.41, 5.74) is 0. The van der Waals surface area contributed by atoms with E-state index in [2.05, 4.69) is 30.1 Å². The number of hydrogen-bond donors (Lipinski definition) is 0. The van der Waals surface area contributed by atoms with Gasteiger partial charge in [-0.1, -0.05) is 45.1 Å². The van der Waals surface area contributed by atoms with Gasteiger partial charge in [-0.3, -0.25) is 4.31 Å². The maximum Gasteiger partial charge on any atom is 0.0195 e. The average Bonchev–Trinajstić information content (AvgIpc) is 2.16. The zero-order valence-electron chi connectivity index (χ0n) is 8.38. The normalized spacial score (nSPS) is 20.2. The van der Waals surface area contributed by atoms with E-state index in [-0.39, 0.29) is 0 Å². The summed E-state index contributed by atoms with van der Waals surface area (Å²) in [6.07, 6.45) is 7.27. The quantitative estimate of drug-likeness (QED) is 0.621. The van der Waals surface area contributed by atoms with Crippen LogP contribution in [0.2, 0.25) is 0 Å². The molecule has 1 fully saturated rings. The van der Waals surface area contributed by atoms with Gasteiger partial charge in [-0.05, 0) is 12.8 Å². The van der Waals surface area contributed by atoms with Gasteiger partial charge in [-0.15, -0.1) is 0 Å². The molecule has 0 heterocycles. The maximum absolute atomic E-state index is 2.48. The van der Waals surface area contributed by atoms with Gasteiger partial charge in [0.05, 0.1) is 0 Å². The van der Waals surface area contributed by atoms with E-state index in [9.17, 15) is 0 Å². The fraction of sp³-hybridized carbons (Fsp3) is 1.00. The zero-order valence-corrected chi connectivity index (χ0v) is 9.20. The van der Waals surface area contributed by atoms with Crippen LogP contribution in [0.1, 0.15) is 46.0 Å². The second kappa shape index (κ2) is 5.87. The Kier molecular flexibility index (Phi) is 5.08. The van der Waals surface area contributed by atoms with Crippen LogP contribution >= 0.6 is 11.9 Å². The number of hydrogen-bond acceptors (Lipinski definition) is 2. The minimum Gasteiger partial charge on any atom is -0.251 e. The Morgan fingerprint density at radius 1 is 1.08 bits per heavy atom. The van der Waals surface area contributed by atoms with Gasteiger partial charge in [0.2, 0.25) is 0 Å². The number of rotatable bonds is 4. The van der Waals surface area contributed by atoms with Crippen LogP contribution in [0.25, 0.3) is 0 Å². The second-order valence-corrected chi connectivity index (χ2v) is 4.87. The van der Waals surface area contributed by atoms with Crippen LogP contribution in [-0.4, -0.2) is 22.6 Å². The third-order valence-corrected chi connectivity index (χ3v) is 4.14. The van der Waals surface area contributed by atoms with Gasteiger partial charge in [0.1, 0.15) is 0 Å². The lowest BCUT2D eigenvalue weighted by Crippen LogP contribution is -2.20. The summed E-state index contributed by atoms with van der Waals surface area (Å²) in [4.78, 5) is 0. The highest BCUT2D eigenvalue weighted by Gasteiger charge is 2.15. The van der Waals surface area contributed by atoms with Crippen molar-refractivity contribution in [3.8, 4) is 0 Å². The van der Waals surface area contributed by atoms with Gasteiger partial charge in [0.25, 0.3) is 0 Å². The summed E-state index contributed by atoms with van der Waals surface area (Å²) in [6.45, 7) is 6.88. The molecule has 1 nitrogen and oxygen atoms in total. The van der Waals surface area contributed by atoms with Gasteiger partial charge in [-0.25, -0.2) is 0 Å². The molecule has 0 amide bonds. The molecule has 0 aliphatic heterocycles. The lowest BCUT2D eigenvalue weighted by molar-refractivity contribution is 0.482. The Balaban J connectivity index is 2.18. The predicted octanol–water partition coefficient (Wildman–Crippen LogP) is 3.31. The minimum atomic E-state index is 0.929. The highest BCUT2D eigenvalue weighted by Crippen LogP contribution is 2.30. The first-order valence-electron chi connectivity index (χ1n) is 5.28. The minimum absolute atomic E-state index is 0.929. The SMILES string of the molecule is CCN(CC)SC1CCCCC1. The molecule has 2 heteroatoms. The molecule has 0 atom stereocenters. The Labute approximate surface area is 81.0 Å². The van der Waals surface area contributed by atoms with Crippen LogP contribution in [0.4, 0.5) is 0 Å². The molecule has 1 aliphatic carbocycles. The molecule has 0 unspecified atom stereocenters. The van der Waals surface area contributed by atoms with Gasteiger partial charge < -0.3 is 0 Å². The molecule has 0 aromatic heterocycles. The predicted molar refractivity (Wildman–Crippen MR) is 57.4 cm³/mol. The van der Waals surface area contributed by atoms with Crippen LogP contribution in [-0.2, 0) is 0 Å². The lowest BCUT2D eigenvalue weighted by atomic mass is 10.0. The Hall–Kier alpha value is 0.310. The monoisotopic (exact) mass is 187 g/mol. The van der Waals surface area contributed by atoms with Crippen molar-refractivity contribution in [3.63, 3.8) is 0 Å². The first kappa shape index (κ1) is 10.4. The molecule has 0 bridgehead atoms. The summed E-state index contributed by atoms with van der Waals surface area (Å²) >= 11 is 2.10. The molecule has 0 spiro atoms. The largest absolute Gasteiger partial charge is 0.251 e. The van der Waals surface area contributed by atoms with Crippen LogP contribution in [0.3, 0.4) is 0 Å². The Morgan fingerprint density at radius 2 is 1.67 bits per heavy atom. The summed E-state index contributed by atoms with van der Waals surface area (Å²) in [6, 6.07) is 0. The van der Waals surface area contributed by atoms with E-state index in [1.165, 1.54) is 45.2 Å². The molecule has 0 saturated heterocycles. The fourth-order valence-corrected chi connectivity index (χ4v) is 3.02. The van der Waals surface area contributed by atoms with Gasteiger partial charge in [0.15, 0.2) is 0 Å². The summed E-state index contributed by atoms with van der Waals surface area (Å²) in [7, 11) is 0. The highest BCUT2D eigenvalue weighted by atomic mass is 32.2. The molecule has 0 radical (unpaired) electrons. The molecule has 12 heavy (non-hydrogen) atoms. The molecular weight excluding hydrogens is 166 g/mol. The van der Waals surface area contributed by atoms with E-state index >= 15 is 0 Å². The molecule has 1 saturated carbocycles. The molecule has 1 aliphatic rings. The first-order valence-corrected chi connectivity index (χ1v) is 6.12. The van der Waals surface area contributed by atoms with Gasteiger partial charge in [0, 0.05) is 18.3 Å². The highest BCUT2D eigenvalue weighted by molar-refractivity contribution is 7.97. The fourth-order valence-electron chi connectivity index (χ4n) is 1.75. The molecular formula is C10H21NS. The zero-order chi connectivity index (χ0) is 8.81. The van der Waals surface area contributed by atoms with E-state index < -0.39 is 0 Å². The molecule has 0 aromatic carbocycles. The van der Waals surface area contributed by atoms with Crippen LogP contribution in [0.15, 0.2) is 0 Å². The van der Waals surface area contributed by atoms with Gasteiger partial charge in [-0.2, -0.15) is 0 Å². The Bertz CT molecular complexity index is 106. The number of nitrogens with zero attached hydrogens (tertiary/aromatic N) is 1. The lowest BCUT2D eigenvalue weighted by Gasteiger charge is -2.26. The van der Waals surface area contributed by atoms with Crippen molar-refractivity contribution in [2.75, 3.05) is 13.1 Å². The van der Waals surface area contributed by atoms with E-state index in [4.69, 9.17) is 0 Å². The summed E-state index contributed by atoms with van der Waals surface area (Å²) in [5, 5.41) is 0.929. The van der Waals surface area contributed by atoms with Crippen molar-refractivity contribution in [2.24, 2.45) is 0 Å². The van der Waals surface area contributed by atoms with Crippen LogP contribution in [0.5, 0.6) is 0 Å². The second-order valence-electron chi connectivity index (χ2n) is 3.48. The van der Waals surface area contributed by atoms with Crippen molar-refractivity contribution in [2.45, 2.75) is 51.2 Å². The van der Waals surface area contributed by atoms with Crippen molar-refractivity contribution in [1.29, 1.82) is 0 Å². The molecule has 1 rings (SSSR count). The first-order chi connectivity index (χ1) is 5.86. The van der Waals surface area contributed by atoms with E-state index in [0.717, 1.165) is 5.25 Å². The molecule has 72 valence electrons. The van der Waals surface area contributed by atoms with Crippen molar-refractivity contribution in [3.05, 3.63) is 0 Å². The third-order valence-electron chi connectivity index (χ3n) is 2.56. The topological polar surface area (TPSA) is 3.24 Å². The maximum atomic E-state index is 2.48. The van der Waals surface area contributed by atoms with E-state index in [0.29, 0.717) is 0 Å². The average molecular weight is 187 g/mol. The summed E-state index contributed by atoms with van der Waals surface area (Å²) in [5.74, 6) is 0. The van der Waals surface area contributed by atoms with Crippen LogP contribution in [0, 0.1) is 0 Å². The van der Waals surface area contributed by atoms with Crippen molar-refractivity contribution >= 4 is 11.9 Å². The van der Waals surface area contributed by atoms with E-state index in [1.807, 2.05) is 0 Å². The standard InChI is InChI=1S/C10H21NS/c1-3-11(4-2)12-10-8-6-5-7-9-10/h10H,3-9H2,1-2H3. The Morgan fingerprint density at radius 3 is 2.17 bits per heavy atom. The third kappa shape index (κ3) is 3.36. The van der Waals surface area contributed by atoms with Crippen LogP contribution < -0.4 is 0 Å². The molecule has 0 aromatic rings. The van der Waals surface area contributed by atoms with Gasteiger partial charge >= 0.3 is 0 Å². The summed E-state index contributed by atoms with van der Waals surface area (Å²) < 4.78 is 2.48. The van der Waals surface area contributed by atoms with Crippen molar-refractivity contribution < 1.29 is 0 Å². The van der Waals surface area contributed by atoms with E-state index in [1.54, 1.807) is 0 Å². The van der Waals surface area contributed by atoms with Crippen molar-refractivity contribution in [1.82, 2.24) is 4.31 Å².